The number of aryl methyl sites for hydroxylation is 1. The molecular weight excluding hydrogens is 311 g/mol. The number of anilines is 1. The second-order valence-corrected chi connectivity index (χ2v) is 5.91. The molecule has 0 aliphatic heterocycles. The summed E-state index contributed by atoms with van der Waals surface area (Å²) in [6.45, 7) is 4.63. The number of nitrogens with one attached hydrogen (secondary N) is 2. The Labute approximate surface area is 141 Å². The van der Waals surface area contributed by atoms with Gasteiger partial charge in [0.2, 0.25) is 0 Å². The zero-order valence-corrected chi connectivity index (χ0v) is 14.3. The third kappa shape index (κ3) is 4.24. The third-order valence-corrected chi connectivity index (χ3v) is 3.94. The van der Waals surface area contributed by atoms with E-state index in [1.807, 2.05) is 13.1 Å². The standard InChI is InChI=1S/C17H23FN4O2/c1-11(2)13(15-7-8-20-22(15)3)10-19-17(23)21-14-9-12(18)5-6-16(14)24-4/h5-9,11,13H,10H2,1-4H3,(H2,19,21,23)/t13-/m0/s1. The molecule has 0 unspecified atom stereocenters. The number of aromatic nitrogens is 2. The number of hydrogen-bond donors (Lipinski definition) is 2. The van der Waals surface area contributed by atoms with Gasteiger partial charge in [-0.2, -0.15) is 5.10 Å². The summed E-state index contributed by atoms with van der Waals surface area (Å²) in [4.78, 5) is 12.2. The maximum atomic E-state index is 13.3. The van der Waals surface area contributed by atoms with Gasteiger partial charge in [-0.3, -0.25) is 4.68 Å². The van der Waals surface area contributed by atoms with Crippen molar-refractivity contribution in [2.45, 2.75) is 19.8 Å². The van der Waals surface area contributed by atoms with Gasteiger partial charge in [0.15, 0.2) is 0 Å². The quantitative estimate of drug-likeness (QED) is 0.853. The summed E-state index contributed by atoms with van der Waals surface area (Å²) in [6.07, 6.45) is 1.74. The maximum Gasteiger partial charge on any atom is 0.319 e. The zero-order valence-electron chi connectivity index (χ0n) is 14.3. The first kappa shape index (κ1) is 17.8. The summed E-state index contributed by atoms with van der Waals surface area (Å²) in [5, 5.41) is 9.63. The van der Waals surface area contributed by atoms with Crippen LogP contribution in [0.4, 0.5) is 14.9 Å². The van der Waals surface area contributed by atoms with Gasteiger partial charge in [-0.15, -0.1) is 0 Å². The van der Waals surface area contributed by atoms with Crippen LogP contribution in [-0.4, -0.2) is 29.5 Å². The number of carbonyl (C=O) groups excluding carboxylic acids is 1. The molecule has 0 aliphatic carbocycles. The van der Waals surface area contributed by atoms with Crippen LogP contribution in [0.1, 0.15) is 25.5 Å². The molecule has 0 bridgehead atoms. The van der Waals surface area contributed by atoms with Crippen LogP contribution in [0.15, 0.2) is 30.5 Å². The smallest absolute Gasteiger partial charge is 0.319 e. The lowest BCUT2D eigenvalue weighted by Gasteiger charge is -2.22. The van der Waals surface area contributed by atoms with E-state index in [1.54, 1.807) is 10.9 Å². The van der Waals surface area contributed by atoms with Crippen molar-refractivity contribution >= 4 is 11.7 Å². The second-order valence-electron chi connectivity index (χ2n) is 5.91. The number of nitrogens with zero attached hydrogens (tertiary/aromatic N) is 2. The van der Waals surface area contributed by atoms with E-state index in [1.165, 1.54) is 25.3 Å². The molecule has 0 saturated carbocycles. The van der Waals surface area contributed by atoms with Crippen molar-refractivity contribution in [2.24, 2.45) is 13.0 Å². The van der Waals surface area contributed by atoms with Gasteiger partial charge < -0.3 is 15.4 Å². The summed E-state index contributed by atoms with van der Waals surface area (Å²) in [6, 6.07) is 5.50. The van der Waals surface area contributed by atoms with Gasteiger partial charge in [0.05, 0.1) is 12.8 Å². The van der Waals surface area contributed by atoms with E-state index in [2.05, 4.69) is 29.6 Å². The number of halogens is 1. The molecule has 7 heteroatoms. The lowest BCUT2D eigenvalue weighted by Crippen LogP contribution is -2.34. The number of methoxy groups -OCH3 is 1. The molecule has 0 aliphatic rings. The zero-order chi connectivity index (χ0) is 17.7. The second kappa shape index (κ2) is 7.81. The van der Waals surface area contributed by atoms with Crippen LogP contribution in [0.2, 0.25) is 0 Å². The van der Waals surface area contributed by atoms with Crippen molar-refractivity contribution in [3.8, 4) is 5.75 Å². The molecule has 2 rings (SSSR count). The molecule has 6 nitrogen and oxygen atoms in total. The highest BCUT2D eigenvalue weighted by atomic mass is 19.1. The number of amides is 2. The van der Waals surface area contributed by atoms with Gasteiger partial charge >= 0.3 is 6.03 Å². The highest BCUT2D eigenvalue weighted by Crippen LogP contribution is 2.25. The first-order valence-electron chi connectivity index (χ1n) is 7.78. The molecule has 0 spiro atoms. The monoisotopic (exact) mass is 334 g/mol. The summed E-state index contributed by atoms with van der Waals surface area (Å²) >= 11 is 0. The first-order chi connectivity index (χ1) is 11.4. The predicted octanol–water partition coefficient (Wildman–Crippen LogP) is 3.13. The average Bonchev–Trinajstić information content (AvgIpc) is 2.93. The van der Waals surface area contributed by atoms with Crippen LogP contribution in [0.5, 0.6) is 5.75 Å². The molecule has 130 valence electrons. The van der Waals surface area contributed by atoms with E-state index in [4.69, 9.17) is 4.74 Å². The van der Waals surface area contributed by atoms with Crippen LogP contribution in [0, 0.1) is 11.7 Å². The highest BCUT2D eigenvalue weighted by molar-refractivity contribution is 5.90. The summed E-state index contributed by atoms with van der Waals surface area (Å²) < 4.78 is 20.3. The van der Waals surface area contributed by atoms with Crippen molar-refractivity contribution < 1.29 is 13.9 Å². The minimum atomic E-state index is -0.443. The molecule has 0 fully saturated rings. The first-order valence-corrected chi connectivity index (χ1v) is 7.78. The average molecular weight is 334 g/mol. The summed E-state index contributed by atoms with van der Waals surface area (Å²) in [7, 11) is 3.34. The SMILES string of the molecule is COc1ccc(F)cc1NC(=O)NC[C@H](c1ccnn1C)C(C)C. The van der Waals surface area contributed by atoms with E-state index >= 15 is 0 Å². The van der Waals surface area contributed by atoms with Gasteiger partial charge in [0.25, 0.3) is 0 Å². The fourth-order valence-electron chi connectivity index (χ4n) is 2.58. The largest absolute Gasteiger partial charge is 0.495 e. The molecule has 0 saturated heterocycles. The Morgan fingerprint density at radius 3 is 2.71 bits per heavy atom. The number of rotatable bonds is 6. The Morgan fingerprint density at radius 2 is 2.12 bits per heavy atom. The molecule has 0 radical (unpaired) electrons. The summed E-state index contributed by atoms with van der Waals surface area (Å²) in [5.74, 6) is 0.404. The van der Waals surface area contributed by atoms with E-state index in [0.29, 0.717) is 18.2 Å². The Kier molecular flexibility index (Phi) is 5.78. The van der Waals surface area contributed by atoms with Gasteiger partial charge in [0.1, 0.15) is 11.6 Å². The van der Waals surface area contributed by atoms with Crippen LogP contribution in [0.3, 0.4) is 0 Å². The molecule has 1 heterocycles. The number of carbonyl (C=O) groups is 1. The normalized spacial score (nSPS) is 12.1. The molecule has 2 N–H and O–H groups in total. The van der Waals surface area contributed by atoms with Crippen molar-refractivity contribution in [3.05, 3.63) is 42.0 Å². The number of ether oxygens (including phenoxy) is 1. The van der Waals surface area contributed by atoms with Crippen LogP contribution < -0.4 is 15.4 Å². The predicted molar refractivity (Wildman–Crippen MR) is 90.8 cm³/mol. The van der Waals surface area contributed by atoms with E-state index in [0.717, 1.165) is 5.69 Å². The van der Waals surface area contributed by atoms with Gasteiger partial charge in [-0.1, -0.05) is 13.8 Å². The Balaban J connectivity index is 2.02. The van der Waals surface area contributed by atoms with E-state index in [9.17, 15) is 9.18 Å². The van der Waals surface area contributed by atoms with Crippen molar-refractivity contribution in [2.75, 3.05) is 19.0 Å². The van der Waals surface area contributed by atoms with Crippen molar-refractivity contribution in [3.63, 3.8) is 0 Å². The lowest BCUT2D eigenvalue weighted by molar-refractivity contribution is 0.250. The Morgan fingerprint density at radius 1 is 1.38 bits per heavy atom. The molecule has 2 amide bonds. The summed E-state index contributed by atoms with van der Waals surface area (Å²) in [5.41, 5.74) is 1.34. The molecule has 1 aromatic carbocycles. The molecule has 1 atom stereocenters. The molecule has 24 heavy (non-hydrogen) atoms. The van der Waals surface area contributed by atoms with Gasteiger partial charge in [-0.05, 0) is 24.1 Å². The molecule has 1 aromatic heterocycles. The Bertz CT molecular complexity index is 700. The van der Waals surface area contributed by atoms with Crippen molar-refractivity contribution in [1.29, 1.82) is 0 Å². The third-order valence-electron chi connectivity index (χ3n) is 3.94. The Hall–Kier alpha value is -2.57. The number of hydrogen-bond acceptors (Lipinski definition) is 3. The number of urea groups is 1. The van der Waals surface area contributed by atoms with Gasteiger partial charge in [-0.25, -0.2) is 9.18 Å². The fourth-order valence-corrected chi connectivity index (χ4v) is 2.58. The van der Waals surface area contributed by atoms with Crippen LogP contribution in [-0.2, 0) is 7.05 Å². The lowest BCUT2D eigenvalue weighted by atomic mass is 9.92. The van der Waals surface area contributed by atoms with Gasteiger partial charge in [0, 0.05) is 37.5 Å². The van der Waals surface area contributed by atoms with Crippen LogP contribution in [0.25, 0.3) is 0 Å². The highest BCUT2D eigenvalue weighted by Gasteiger charge is 2.20. The maximum absolute atomic E-state index is 13.3. The molecule has 2 aromatic rings. The van der Waals surface area contributed by atoms with Crippen LogP contribution >= 0.6 is 0 Å². The topological polar surface area (TPSA) is 68.2 Å². The van der Waals surface area contributed by atoms with E-state index < -0.39 is 11.8 Å². The minimum absolute atomic E-state index is 0.123. The van der Waals surface area contributed by atoms with E-state index in [-0.39, 0.29) is 11.6 Å². The fraction of sp³-hybridized carbons (Fsp3) is 0.412. The number of benzene rings is 1. The molecular formula is C17H23FN4O2. The van der Waals surface area contributed by atoms with Crippen molar-refractivity contribution in [1.82, 2.24) is 15.1 Å². The minimum Gasteiger partial charge on any atom is -0.495 e.